The normalized spacial score (nSPS) is 9.67. The first-order valence-electron chi connectivity index (χ1n) is 6.16. The quantitative estimate of drug-likeness (QED) is 0.838. The van der Waals surface area contributed by atoms with E-state index in [-0.39, 0.29) is 17.8 Å². The molecular formula is C16H12ClFN2O. The highest BCUT2D eigenvalue weighted by Crippen LogP contribution is 2.19. The summed E-state index contributed by atoms with van der Waals surface area (Å²) in [6.07, 6.45) is 0. The number of nitrogens with two attached hydrogens (primary N) is 1. The Morgan fingerprint density at radius 1 is 1.29 bits per heavy atom. The standard InChI is InChI=1S/C16H12ClFN2O/c17-13-6-2-1-5-12(13)16(21)20-15-8-7-11(4-3-9-19)10-14(15)18/h1-2,5-8,10H,9,19H2,(H,20,21). The smallest absolute Gasteiger partial charge is 0.257 e. The van der Waals surface area contributed by atoms with E-state index in [1.165, 1.54) is 12.1 Å². The lowest BCUT2D eigenvalue weighted by Gasteiger charge is -2.08. The van der Waals surface area contributed by atoms with Crippen LogP contribution < -0.4 is 11.1 Å². The Hall–Kier alpha value is -2.35. The first kappa shape index (κ1) is 15.0. The molecule has 0 radical (unpaired) electrons. The van der Waals surface area contributed by atoms with Crippen molar-refractivity contribution in [2.24, 2.45) is 5.73 Å². The maximum Gasteiger partial charge on any atom is 0.257 e. The summed E-state index contributed by atoms with van der Waals surface area (Å²) < 4.78 is 13.9. The molecule has 0 aliphatic heterocycles. The Morgan fingerprint density at radius 2 is 2.05 bits per heavy atom. The zero-order chi connectivity index (χ0) is 15.2. The molecule has 0 spiro atoms. The molecule has 2 aromatic rings. The molecule has 106 valence electrons. The van der Waals surface area contributed by atoms with Crippen LogP contribution in [-0.2, 0) is 0 Å². The Bertz CT molecular complexity index is 735. The number of amides is 1. The highest BCUT2D eigenvalue weighted by atomic mass is 35.5. The van der Waals surface area contributed by atoms with Crippen molar-refractivity contribution >= 4 is 23.2 Å². The summed E-state index contributed by atoms with van der Waals surface area (Å²) in [7, 11) is 0. The van der Waals surface area contributed by atoms with E-state index in [9.17, 15) is 9.18 Å². The van der Waals surface area contributed by atoms with Gasteiger partial charge in [0.05, 0.1) is 22.8 Å². The van der Waals surface area contributed by atoms with Gasteiger partial charge in [-0.3, -0.25) is 4.79 Å². The number of anilines is 1. The number of halogens is 2. The van der Waals surface area contributed by atoms with Gasteiger partial charge in [0.25, 0.3) is 5.91 Å². The highest BCUT2D eigenvalue weighted by Gasteiger charge is 2.12. The van der Waals surface area contributed by atoms with Gasteiger partial charge in [0.1, 0.15) is 5.82 Å². The Labute approximate surface area is 126 Å². The van der Waals surface area contributed by atoms with Crippen molar-refractivity contribution in [3.05, 3.63) is 64.4 Å². The third kappa shape index (κ3) is 3.82. The van der Waals surface area contributed by atoms with Crippen molar-refractivity contribution in [1.82, 2.24) is 0 Å². The van der Waals surface area contributed by atoms with Gasteiger partial charge < -0.3 is 11.1 Å². The van der Waals surface area contributed by atoms with E-state index in [4.69, 9.17) is 17.3 Å². The van der Waals surface area contributed by atoms with Crippen LogP contribution in [0.25, 0.3) is 0 Å². The molecule has 0 saturated heterocycles. The molecule has 0 saturated carbocycles. The molecule has 21 heavy (non-hydrogen) atoms. The number of carbonyl (C=O) groups is 1. The molecule has 0 heterocycles. The average molecular weight is 303 g/mol. The molecule has 3 N–H and O–H groups in total. The van der Waals surface area contributed by atoms with Gasteiger partial charge in [-0.15, -0.1) is 0 Å². The zero-order valence-electron chi connectivity index (χ0n) is 11.0. The van der Waals surface area contributed by atoms with Gasteiger partial charge in [-0.2, -0.15) is 0 Å². The molecule has 0 aliphatic carbocycles. The minimum Gasteiger partial charge on any atom is -0.320 e. The summed E-state index contributed by atoms with van der Waals surface area (Å²) in [5.41, 5.74) is 6.10. The highest BCUT2D eigenvalue weighted by molar-refractivity contribution is 6.34. The van der Waals surface area contributed by atoms with Gasteiger partial charge in [-0.25, -0.2) is 4.39 Å². The fraction of sp³-hybridized carbons (Fsp3) is 0.0625. The minimum absolute atomic E-state index is 0.0678. The molecule has 0 aliphatic rings. The Morgan fingerprint density at radius 3 is 2.71 bits per heavy atom. The molecule has 2 rings (SSSR count). The Kier molecular flexibility index (Phi) is 4.94. The first-order valence-corrected chi connectivity index (χ1v) is 6.54. The van der Waals surface area contributed by atoms with E-state index < -0.39 is 11.7 Å². The summed E-state index contributed by atoms with van der Waals surface area (Å²) in [6, 6.07) is 10.9. The van der Waals surface area contributed by atoms with Crippen LogP contribution in [0, 0.1) is 17.7 Å². The van der Waals surface area contributed by atoms with Crippen LogP contribution in [0.4, 0.5) is 10.1 Å². The van der Waals surface area contributed by atoms with E-state index in [0.717, 1.165) is 0 Å². The largest absolute Gasteiger partial charge is 0.320 e. The maximum atomic E-state index is 13.9. The van der Waals surface area contributed by atoms with Crippen molar-refractivity contribution in [2.45, 2.75) is 0 Å². The number of hydrogen-bond acceptors (Lipinski definition) is 2. The molecule has 5 heteroatoms. The number of hydrogen-bond donors (Lipinski definition) is 2. The third-order valence-electron chi connectivity index (χ3n) is 2.67. The van der Waals surface area contributed by atoms with Crippen LogP contribution >= 0.6 is 11.6 Å². The molecular weight excluding hydrogens is 291 g/mol. The molecule has 0 fully saturated rings. The van der Waals surface area contributed by atoms with Crippen LogP contribution in [-0.4, -0.2) is 12.5 Å². The van der Waals surface area contributed by atoms with Crippen molar-refractivity contribution in [2.75, 3.05) is 11.9 Å². The molecule has 2 aromatic carbocycles. The third-order valence-corrected chi connectivity index (χ3v) is 3.00. The van der Waals surface area contributed by atoms with E-state index in [1.54, 1.807) is 30.3 Å². The molecule has 0 unspecified atom stereocenters. The predicted octanol–water partition coefficient (Wildman–Crippen LogP) is 3.04. The maximum absolute atomic E-state index is 13.9. The van der Waals surface area contributed by atoms with Crippen molar-refractivity contribution in [1.29, 1.82) is 0 Å². The van der Waals surface area contributed by atoms with Crippen molar-refractivity contribution in [3.63, 3.8) is 0 Å². The second kappa shape index (κ2) is 6.89. The van der Waals surface area contributed by atoms with Gasteiger partial charge in [-0.05, 0) is 30.3 Å². The lowest BCUT2D eigenvalue weighted by molar-refractivity contribution is 0.102. The minimum atomic E-state index is -0.570. The Balaban J connectivity index is 2.20. The average Bonchev–Trinajstić information content (AvgIpc) is 2.48. The van der Waals surface area contributed by atoms with Crippen molar-refractivity contribution in [3.8, 4) is 11.8 Å². The summed E-state index contributed by atoms with van der Waals surface area (Å²) in [5.74, 6) is 4.31. The first-order chi connectivity index (χ1) is 10.1. The summed E-state index contributed by atoms with van der Waals surface area (Å²) in [4.78, 5) is 12.0. The second-order valence-electron chi connectivity index (χ2n) is 4.13. The second-order valence-corrected chi connectivity index (χ2v) is 4.54. The van der Waals surface area contributed by atoms with Gasteiger partial charge in [0, 0.05) is 5.56 Å². The lowest BCUT2D eigenvalue weighted by atomic mass is 10.1. The molecule has 0 atom stereocenters. The molecule has 0 bridgehead atoms. The van der Waals surface area contributed by atoms with Crippen LogP contribution in [0.2, 0.25) is 5.02 Å². The fourth-order valence-electron chi connectivity index (χ4n) is 1.68. The SMILES string of the molecule is NCC#Cc1ccc(NC(=O)c2ccccc2Cl)c(F)c1. The van der Waals surface area contributed by atoms with E-state index >= 15 is 0 Å². The monoisotopic (exact) mass is 302 g/mol. The summed E-state index contributed by atoms with van der Waals surface area (Å²) in [5, 5.41) is 2.79. The van der Waals surface area contributed by atoms with Crippen LogP contribution in [0.5, 0.6) is 0 Å². The molecule has 3 nitrogen and oxygen atoms in total. The molecule has 0 aromatic heterocycles. The molecule has 1 amide bonds. The van der Waals surface area contributed by atoms with E-state index in [2.05, 4.69) is 17.2 Å². The van der Waals surface area contributed by atoms with Crippen LogP contribution in [0.3, 0.4) is 0 Å². The van der Waals surface area contributed by atoms with Crippen molar-refractivity contribution < 1.29 is 9.18 Å². The van der Waals surface area contributed by atoms with Gasteiger partial charge in [-0.1, -0.05) is 35.6 Å². The van der Waals surface area contributed by atoms with E-state index in [1.807, 2.05) is 0 Å². The fourth-order valence-corrected chi connectivity index (χ4v) is 1.90. The number of carbonyl (C=O) groups excluding carboxylic acids is 1. The lowest BCUT2D eigenvalue weighted by Crippen LogP contribution is -2.13. The number of benzene rings is 2. The summed E-state index contributed by atoms with van der Waals surface area (Å²) in [6.45, 7) is 0.201. The summed E-state index contributed by atoms with van der Waals surface area (Å²) >= 11 is 5.92. The van der Waals surface area contributed by atoms with Crippen LogP contribution in [0.1, 0.15) is 15.9 Å². The zero-order valence-corrected chi connectivity index (χ0v) is 11.7. The topological polar surface area (TPSA) is 55.1 Å². The van der Waals surface area contributed by atoms with Gasteiger partial charge in [0.2, 0.25) is 0 Å². The van der Waals surface area contributed by atoms with Gasteiger partial charge in [0.15, 0.2) is 0 Å². The predicted molar refractivity (Wildman–Crippen MR) is 81.7 cm³/mol. The van der Waals surface area contributed by atoms with Crippen LogP contribution in [0.15, 0.2) is 42.5 Å². The van der Waals surface area contributed by atoms with E-state index in [0.29, 0.717) is 10.6 Å². The number of rotatable bonds is 2. The van der Waals surface area contributed by atoms with Gasteiger partial charge >= 0.3 is 0 Å². The number of nitrogens with one attached hydrogen (secondary N) is 1.